The van der Waals surface area contributed by atoms with Gasteiger partial charge in [-0.25, -0.2) is 9.98 Å². The number of nitrogens with one attached hydrogen (secondary N) is 1. The van der Waals surface area contributed by atoms with Crippen LogP contribution in [0.25, 0.3) is 87.3 Å². The highest BCUT2D eigenvalue weighted by Gasteiger charge is 2.25. The third kappa shape index (κ3) is 5.22. The van der Waals surface area contributed by atoms with E-state index in [1.54, 1.807) is 0 Å². The smallest absolute Gasteiger partial charge is 0.160 e. The molecule has 3 heterocycles. The van der Waals surface area contributed by atoms with Gasteiger partial charge in [-0.3, -0.25) is 0 Å². The van der Waals surface area contributed by atoms with Gasteiger partial charge in [0, 0.05) is 43.7 Å². The Morgan fingerprint density at radius 2 is 1.02 bits per heavy atom. The third-order valence-electron chi connectivity index (χ3n) is 12.7. The van der Waals surface area contributed by atoms with Crippen molar-refractivity contribution in [3.63, 3.8) is 0 Å². The summed E-state index contributed by atoms with van der Waals surface area (Å²) < 4.78 is 4.90. The van der Waals surface area contributed by atoms with Crippen LogP contribution in [0.1, 0.15) is 22.9 Å². The number of aliphatic imine (C=N–C) groups is 2. The van der Waals surface area contributed by atoms with Crippen LogP contribution in [0.3, 0.4) is 0 Å². The fraction of sp³-hybridized carbons (Fsp3) is 0.0175. The van der Waals surface area contributed by atoms with Crippen LogP contribution < -0.4 is 5.32 Å². The summed E-state index contributed by atoms with van der Waals surface area (Å²) in [5, 5.41) is 15.8. The average molecular weight is 792 g/mol. The van der Waals surface area contributed by atoms with Crippen LogP contribution in [-0.2, 0) is 0 Å². The van der Waals surface area contributed by atoms with Crippen LogP contribution in [0, 0.1) is 0 Å². The van der Waals surface area contributed by atoms with E-state index < -0.39 is 0 Å². The molecular weight excluding hydrogens is 755 g/mol. The minimum atomic E-state index is -0.308. The van der Waals surface area contributed by atoms with Crippen LogP contribution >= 0.6 is 0 Å². The van der Waals surface area contributed by atoms with Crippen molar-refractivity contribution in [3.8, 4) is 11.4 Å². The summed E-state index contributed by atoms with van der Waals surface area (Å²) >= 11 is 0. The van der Waals surface area contributed by atoms with Gasteiger partial charge in [-0.2, -0.15) is 0 Å². The van der Waals surface area contributed by atoms with Crippen LogP contribution in [0.4, 0.5) is 0 Å². The lowest BCUT2D eigenvalue weighted by Crippen LogP contribution is -2.33. The van der Waals surface area contributed by atoms with E-state index in [2.05, 4.69) is 221 Å². The molecule has 0 amide bonds. The maximum absolute atomic E-state index is 5.33. The molecule has 1 aliphatic rings. The Bertz CT molecular complexity index is 3840. The summed E-state index contributed by atoms with van der Waals surface area (Å²) in [6.07, 6.45) is -0.308. The molecular formula is C57H37N5. The number of nitrogens with zero attached hydrogens (tertiary/aromatic N) is 4. The number of aromatic nitrogens is 2. The molecule has 5 nitrogen and oxygen atoms in total. The Morgan fingerprint density at radius 3 is 1.87 bits per heavy atom. The van der Waals surface area contributed by atoms with Crippen molar-refractivity contribution in [2.45, 2.75) is 6.17 Å². The van der Waals surface area contributed by atoms with E-state index >= 15 is 0 Å². The minimum absolute atomic E-state index is 0.308. The summed E-state index contributed by atoms with van der Waals surface area (Å²) in [6, 6.07) is 76.3. The van der Waals surface area contributed by atoms with Gasteiger partial charge < -0.3 is 14.5 Å². The SMILES string of the molecule is c1ccc(C2N=C(c3cccc4c(-n5c6ccccc6c6c7c8c9ccccc9ccc8n(-c8ccccc8)c7ccc65)cccc34)N=C(c3ccc4ccccc4c3)N2)cc1. The Morgan fingerprint density at radius 1 is 0.403 bits per heavy atom. The molecule has 1 aliphatic heterocycles. The number of fused-ring (bicyclic) bond motifs is 11. The fourth-order valence-electron chi connectivity index (χ4n) is 9.98. The van der Waals surface area contributed by atoms with E-state index in [0.717, 1.165) is 55.7 Å². The number of para-hydroxylation sites is 2. The molecule has 12 aromatic rings. The number of amidine groups is 2. The maximum Gasteiger partial charge on any atom is 0.160 e. The van der Waals surface area contributed by atoms with Crippen molar-refractivity contribution in [1.29, 1.82) is 0 Å². The van der Waals surface area contributed by atoms with Crippen LogP contribution in [0.5, 0.6) is 0 Å². The molecule has 0 bridgehead atoms. The second kappa shape index (κ2) is 13.6. The first-order chi connectivity index (χ1) is 30.8. The molecule has 10 aromatic carbocycles. The first-order valence-electron chi connectivity index (χ1n) is 21.2. The third-order valence-corrected chi connectivity index (χ3v) is 12.7. The van der Waals surface area contributed by atoms with Crippen molar-refractivity contribution in [2.75, 3.05) is 0 Å². The van der Waals surface area contributed by atoms with Crippen molar-refractivity contribution >= 4 is 87.6 Å². The maximum atomic E-state index is 5.33. The minimum Gasteiger partial charge on any atom is -0.344 e. The molecule has 1 N–H and O–H groups in total. The van der Waals surface area contributed by atoms with Crippen molar-refractivity contribution < 1.29 is 0 Å². The Kier molecular flexibility index (Phi) is 7.60. The van der Waals surface area contributed by atoms with Gasteiger partial charge in [-0.05, 0) is 81.0 Å². The van der Waals surface area contributed by atoms with Gasteiger partial charge in [0.1, 0.15) is 12.0 Å². The summed E-state index contributed by atoms with van der Waals surface area (Å²) in [5.74, 6) is 1.50. The molecule has 1 atom stereocenters. The Hall–Kier alpha value is -8.28. The first-order valence-corrected chi connectivity index (χ1v) is 21.2. The highest BCUT2D eigenvalue weighted by molar-refractivity contribution is 6.33. The average Bonchev–Trinajstić information content (AvgIpc) is 3.87. The molecule has 13 rings (SSSR count). The second-order valence-electron chi connectivity index (χ2n) is 16.2. The van der Waals surface area contributed by atoms with Gasteiger partial charge >= 0.3 is 0 Å². The zero-order valence-corrected chi connectivity index (χ0v) is 33.6. The van der Waals surface area contributed by atoms with Gasteiger partial charge in [0.2, 0.25) is 0 Å². The number of benzene rings is 10. The van der Waals surface area contributed by atoms with E-state index in [-0.39, 0.29) is 6.17 Å². The van der Waals surface area contributed by atoms with Crippen LogP contribution in [-0.4, -0.2) is 20.8 Å². The van der Waals surface area contributed by atoms with E-state index in [1.807, 2.05) is 6.07 Å². The van der Waals surface area contributed by atoms with E-state index in [9.17, 15) is 0 Å². The van der Waals surface area contributed by atoms with Gasteiger partial charge in [-0.1, -0.05) is 164 Å². The zero-order chi connectivity index (χ0) is 40.7. The van der Waals surface area contributed by atoms with Crippen molar-refractivity contribution in [1.82, 2.24) is 14.5 Å². The molecule has 0 fully saturated rings. The molecule has 0 spiro atoms. The molecule has 0 aliphatic carbocycles. The van der Waals surface area contributed by atoms with Gasteiger partial charge in [0.05, 0.1) is 27.8 Å². The molecule has 2 aromatic heterocycles. The highest BCUT2D eigenvalue weighted by Crippen LogP contribution is 2.45. The lowest BCUT2D eigenvalue weighted by atomic mass is 10.0. The van der Waals surface area contributed by atoms with Gasteiger partial charge in [-0.15, -0.1) is 0 Å². The molecule has 62 heavy (non-hydrogen) atoms. The summed E-state index contributed by atoms with van der Waals surface area (Å²) in [6.45, 7) is 0. The summed E-state index contributed by atoms with van der Waals surface area (Å²) in [7, 11) is 0. The normalized spacial score (nSPS) is 14.3. The molecule has 1 unspecified atom stereocenters. The predicted octanol–water partition coefficient (Wildman–Crippen LogP) is 13.8. The monoisotopic (exact) mass is 791 g/mol. The van der Waals surface area contributed by atoms with Crippen LogP contribution in [0.15, 0.2) is 222 Å². The van der Waals surface area contributed by atoms with Crippen molar-refractivity contribution in [2.24, 2.45) is 9.98 Å². The molecule has 290 valence electrons. The highest BCUT2D eigenvalue weighted by atomic mass is 15.2. The second-order valence-corrected chi connectivity index (χ2v) is 16.2. The van der Waals surface area contributed by atoms with Gasteiger partial charge in [0.25, 0.3) is 0 Å². The van der Waals surface area contributed by atoms with Gasteiger partial charge in [0.15, 0.2) is 5.84 Å². The fourth-order valence-corrected chi connectivity index (χ4v) is 9.98. The summed E-state index contributed by atoms with van der Waals surface area (Å²) in [4.78, 5) is 10.6. The number of hydrogen-bond donors (Lipinski definition) is 1. The summed E-state index contributed by atoms with van der Waals surface area (Å²) in [5.41, 5.74) is 10.1. The number of hydrogen-bond acceptors (Lipinski definition) is 3. The van der Waals surface area contributed by atoms with E-state index in [4.69, 9.17) is 9.98 Å². The molecule has 5 heteroatoms. The van der Waals surface area contributed by atoms with E-state index in [0.29, 0.717) is 5.84 Å². The largest absolute Gasteiger partial charge is 0.344 e. The Balaban J connectivity index is 1.06. The topological polar surface area (TPSA) is 46.6 Å². The lowest BCUT2D eigenvalue weighted by molar-refractivity contribution is 0.674. The Labute approximate surface area is 357 Å². The quantitative estimate of drug-likeness (QED) is 0.185. The molecule has 0 saturated heterocycles. The zero-order valence-electron chi connectivity index (χ0n) is 33.6. The first kappa shape index (κ1) is 34.6. The predicted molar refractivity (Wildman–Crippen MR) is 259 cm³/mol. The number of rotatable bonds is 5. The molecule has 0 saturated carbocycles. The van der Waals surface area contributed by atoms with Crippen LogP contribution in [0.2, 0.25) is 0 Å². The standard InChI is InChI=1S/C57H37N5/c1-3-17-38(18-4-1)55-58-56(40-30-29-36-15-7-8-19-39(36)35-40)60-57(59-55)45-26-13-25-44-43(45)24-14-28-47(44)62-48-27-12-11-23-46(48)53-50(62)33-34-51-54(53)52-42-22-10-9-16-37(42)31-32-49(52)61(51)41-20-5-2-6-21-41/h1-35,55H,(H,58,59,60). The van der Waals surface area contributed by atoms with E-state index in [1.165, 1.54) is 54.1 Å². The lowest BCUT2D eigenvalue weighted by Gasteiger charge is -2.24. The van der Waals surface area contributed by atoms with Crippen molar-refractivity contribution in [3.05, 3.63) is 229 Å². The molecule has 0 radical (unpaired) electrons.